The molecule has 0 amide bonds. The lowest BCUT2D eigenvalue weighted by Crippen LogP contribution is -2.63. The number of carboxylic acids is 1. The lowest BCUT2D eigenvalue weighted by Gasteiger charge is -2.58. The van der Waals surface area contributed by atoms with Crippen LogP contribution in [0, 0.1) is 23.7 Å². The van der Waals surface area contributed by atoms with Crippen molar-refractivity contribution in [3.63, 3.8) is 0 Å². The second kappa shape index (κ2) is 3.95. The molecular weight excluding hydrogens is 220 g/mol. The molecule has 17 heavy (non-hydrogen) atoms. The smallest absolute Gasteiger partial charge is 0.336 e. The maximum atomic E-state index is 11.7. The Kier molecular flexibility index (Phi) is 2.67. The standard InChI is InChI=1S/C13H20O4/c14-1-2-17-13(12(15)16)10-4-8-3-9(6-10)7-11(13)5-8/h8-11,14H,1-7H2,(H,15,16). The highest BCUT2D eigenvalue weighted by Gasteiger charge is 2.62. The Morgan fingerprint density at radius 2 is 1.65 bits per heavy atom. The first kappa shape index (κ1) is 11.5. The Hall–Kier alpha value is -0.610. The number of hydrogen-bond acceptors (Lipinski definition) is 3. The molecule has 4 aliphatic rings. The molecule has 0 aliphatic heterocycles. The minimum atomic E-state index is -0.990. The van der Waals surface area contributed by atoms with E-state index in [4.69, 9.17) is 9.84 Å². The number of carboxylic acid groups (broad SMARTS) is 1. The number of carbonyl (C=O) groups is 1. The van der Waals surface area contributed by atoms with Crippen LogP contribution >= 0.6 is 0 Å². The first-order valence-electron chi connectivity index (χ1n) is 6.65. The fraction of sp³-hybridized carbons (Fsp3) is 0.923. The Labute approximate surface area is 101 Å². The summed E-state index contributed by atoms with van der Waals surface area (Å²) in [6.07, 6.45) is 5.31. The molecule has 4 saturated carbocycles. The number of rotatable bonds is 4. The van der Waals surface area contributed by atoms with Crippen molar-refractivity contribution in [1.82, 2.24) is 0 Å². The number of aliphatic carboxylic acids is 1. The monoisotopic (exact) mass is 240 g/mol. The summed E-state index contributed by atoms with van der Waals surface area (Å²) in [4.78, 5) is 11.7. The number of aliphatic hydroxyl groups is 1. The summed E-state index contributed by atoms with van der Waals surface area (Å²) in [6, 6.07) is 0. The lowest BCUT2D eigenvalue weighted by atomic mass is 9.49. The van der Waals surface area contributed by atoms with E-state index < -0.39 is 11.6 Å². The molecule has 4 rings (SSSR count). The molecule has 0 spiro atoms. The van der Waals surface area contributed by atoms with Gasteiger partial charge in [0.25, 0.3) is 0 Å². The zero-order valence-corrected chi connectivity index (χ0v) is 9.97. The highest BCUT2D eigenvalue weighted by Crippen LogP contribution is 2.59. The van der Waals surface area contributed by atoms with Crippen LogP contribution in [0.1, 0.15) is 32.1 Å². The van der Waals surface area contributed by atoms with Crippen molar-refractivity contribution >= 4 is 5.97 Å². The van der Waals surface area contributed by atoms with E-state index >= 15 is 0 Å². The van der Waals surface area contributed by atoms with E-state index in [1.54, 1.807) is 0 Å². The van der Waals surface area contributed by atoms with Crippen molar-refractivity contribution < 1.29 is 19.7 Å². The summed E-state index contributed by atoms with van der Waals surface area (Å²) in [5, 5.41) is 18.5. The van der Waals surface area contributed by atoms with E-state index in [1.807, 2.05) is 0 Å². The van der Waals surface area contributed by atoms with Gasteiger partial charge in [0.05, 0.1) is 13.2 Å². The maximum absolute atomic E-state index is 11.7. The Balaban J connectivity index is 1.90. The molecule has 0 atom stereocenters. The van der Waals surface area contributed by atoms with Gasteiger partial charge in [-0.25, -0.2) is 4.79 Å². The van der Waals surface area contributed by atoms with E-state index in [0.29, 0.717) is 0 Å². The average Bonchev–Trinajstić information content (AvgIpc) is 2.27. The molecule has 0 heterocycles. The van der Waals surface area contributed by atoms with Crippen LogP contribution in [0.5, 0.6) is 0 Å². The molecule has 0 unspecified atom stereocenters. The molecule has 2 N–H and O–H groups in total. The average molecular weight is 240 g/mol. The van der Waals surface area contributed by atoms with Gasteiger partial charge in [0.1, 0.15) is 0 Å². The van der Waals surface area contributed by atoms with Gasteiger partial charge in [-0.05, 0) is 55.8 Å². The number of hydrogen-bond donors (Lipinski definition) is 2. The van der Waals surface area contributed by atoms with Gasteiger partial charge in [-0.15, -0.1) is 0 Å². The number of aliphatic hydroxyl groups excluding tert-OH is 1. The van der Waals surface area contributed by atoms with E-state index in [-0.39, 0.29) is 25.0 Å². The Bertz CT molecular complexity index is 297. The molecule has 4 aliphatic carbocycles. The van der Waals surface area contributed by atoms with E-state index in [2.05, 4.69) is 0 Å². The van der Waals surface area contributed by atoms with Gasteiger partial charge in [-0.2, -0.15) is 0 Å². The quantitative estimate of drug-likeness (QED) is 0.776. The summed E-state index contributed by atoms with van der Waals surface area (Å²) in [5.74, 6) is 0.982. The fourth-order valence-electron chi connectivity index (χ4n) is 4.75. The second-order valence-corrected chi connectivity index (χ2v) is 5.97. The molecule has 4 bridgehead atoms. The molecule has 4 heteroatoms. The summed E-state index contributed by atoms with van der Waals surface area (Å²) >= 11 is 0. The van der Waals surface area contributed by atoms with Gasteiger partial charge < -0.3 is 14.9 Å². The molecule has 0 saturated heterocycles. The van der Waals surface area contributed by atoms with Crippen molar-refractivity contribution in [2.24, 2.45) is 23.7 Å². The van der Waals surface area contributed by atoms with Crippen molar-refractivity contribution in [3.05, 3.63) is 0 Å². The van der Waals surface area contributed by atoms with Crippen LogP contribution in [-0.4, -0.2) is 35.0 Å². The van der Waals surface area contributed by atoms with Gasteiger partial charge in [-0.1, -0.05) is 0 Å². The molecule has 0 aromatic heterocycles. The first-order chi connectivity index (χ1) is 8.16. The van der Waals surface area contributed by atoms with Gasteiger partial charge in [0.15, 0.2) is 5.60 Å². The third kappa shape index (κ3) is 1.54. The van der Waals surface area contributed by atoms with Gasteiger partial charge >= 0.3 is 5.97 Å². The van der Waals surface area contributed by atoms with Crippen molar-refractivity contribution in [2.75, 3.05) is 13.2 Å². The molecule has 0 aromatic rings. The third-order valence-electron chi connectivity index (χ3n) is 5.12. The minimum Gasteiger partial charge on any atom is -0.479 e. The van der Waals surface area contributed by atoms with Gasteiger partial charge in [0, 0.05) is 0 Å². The van der Waals surface area contributed by atoms with Crippen molar-refractivity contribution in [1.29, 1.82) is 0 Å². The van der Waals surface area contributed by atoms with Crippen molar-refractivity contribution in [3.8, 4) is 0 Å². The summed E-state index contributed by atoms with van der Waals surface area (Å²) in [7, 11) is 0. The predicted molar refractivity (Wildman–Crippen MR) is 60.4 cm³/mol. The molecule has 4 nitrogen and oxygen atoms in total. The first-order valence-corrected chi connectivity index (χ1v) is 6.65. The van der Waals surface area contributed by atoms with E-state index in [9.17, 15) is 9.90 Å². The van der Waals surface area contributed by atoms with Crippen LogP contribution in [0.3, 0.4) is 0 Å². The van der Waals surface area contributed by atoms with Crippen LogP contribution in [0.2, 0.25) is 0 Å². The predicted octanol–water partition coefficient (Wildman–Crippen LogP) is 1.27. The highest BCUT2D eigenvalue weighted by molar-refractivity contribution is 5.79. The molecule has 0 radical (unpaired) electrons. The Morgan fingerprint density at radius 1 is 1.12 bits per heavy atom. The second-order valence-electron chi connectivity index (χ2n) is 5.97. The zero-order valence-electron chi connectivity index (χ0n) is 9.97. The van der Waals surface area contributed by atoms with Crippen molar-refractivity contribution in [2.45, 2.75) is 37.7 Å². The number of ether oxygens (including phenoxy) is 1. The highest BCUT2D eigenvalue weighted by atomic mass is 16.5. The van der Waals surface area contributed by atoms with Crippen LogP contribution in [-0.2, 0) is 9.53 Å². The van der Waals surface area contributed by atoms with Crippen LogP contribution in [0.25, 0.3) is 0 Å². The molecule has 96 valence electrons. The van der Waals surface area contributed by atoms with E-state index in [1.165, 1.54) is 6.42 Å². The Morgan fingerprint density at radius 3 is 2.06 bits per heavy atom. The summed E-state index contributed by atoms with van der Waals surface area (Å²) < 4.78 is 5.67. The van der Waals surface area contributed by atoms with E-state index in [0.717, 1.165) is 37.5 Å². The normalized spacial score (nSPS) is 47.4. The lowest BCUT2D eigenvalue weighted by molar-refractivity contribution is -0.222. The molecular formula is C13H20O4. The zero-order chi connectivity index (χ0) is 12.0. The fourth-order valence-corrected chi connectivity index (χ4v) is 4.75. The molecule has 4 fully saturated rings. The molecule has 0 aromatic carbocycles. The minimum absolute atomic E-state index is 0.0959. The SMILES string of the molecule is O=C(O)C1(OCCO)C2CC3CC(C2)CC1C3. The summed E-state index contributed by atoms with van der Waals surface area (Å²) in [6.45, 7) is 0.0515. The largest absolute Gasteiger partial charge is 0.479 e. The van der Waals surface area contributed by atoms with Gasteiger partial charge in [0.2, 0.25) is 0 Å². The van der Waals surface area contributed by atoms with Crippen LogP contribution in [0.15, 0.2) is 0 Å². The van der Waals surface area contributed by atoms with Gasteiger partial charge in [-0.3, -0.25) is 0 Å². The topological polar surface area (TPSA) is 66.8 Å². The third-order valence-corrected chi connectivity index (χ3v) is 5.12. The summed E-state index contributed by atoms with van der Waals surface area (Å²) in [5.41, 5.74) is -0.990. The van der Waals surface area contributed by atoms with Crippen LogP contribution < -0.4 is 0 Å². The maximum Gasteiger partial charge on any atom is 0.336 e. The van der Waals surface area contributed by atoms with Crippen LogP contribution in [0.4, 0.5) is 0 Å².